The van der Waals surface area contributed by atoms with Gasteiger partial charge < -0.3 is 15.5 Å². The lowest BCUT2D eigenvalue weighted by molar-refractivity contribution is 0.204. The second-order valence-electron chi connectivity index (χ2n) is 5.12. The van der Waals surface area contributed by atoms with Crippen molar-refractivity contribution >= 4 is 23.3 Å². The molecule has 0 saturated carbocycles. The van der Waals surface area contributed by atoms with Crippen molar-refractivity contribution in [1.82, 2.24) is 10.2 Å². The molecule has 1 saturated heterocycles. The minimum Gasteiger partial charge on any atom is -0.338 e. The summed E-state index contributed by atoms with van der Waals surface area (Å²) in [5, 5.41) is 6.32. The number of carbonyl (C=O) groups is 1. The molecule has 4 nitrogen and oxygen atoms in total. The molecule has 0 aliphatic carbocycles. The molecule has 0 bridgehead atoms. The van der Waals surface area contributed by atoms with Gasteiger partial charge in [-0.1, -0.05) is 17.7 Å². The summed E-state index contributed by atoms with van der Waals surface area (Å²) in [6, 6.07) is 6.97. The molecule has 1 unspecified atom stereocenters. The maximum absolute atomic E-state index is 11.8. The number of nitrogens with zero attached hydrogens (tertiary/aromatic N) is 1. The van der Waals surface area contributed by atoms with Gasteiger partial charge in [-0.25, -0.2) is 4.79 Å². The molecule has 1 aliphatic rings. The minimum atomic E-state index is -0.171. The van der Waals surface area contributed by atoms with Crippen molar-refractivity contribution in [3.8, 4) is 0 Å². The van der Waals surface area contributed by atoms with E-state index in [0.29, 0.717) is 16.6 Å². The van der Waals surface area contributed by atoms with E-state index >= 15 is 0 Å². The van der Waals surface area contributed by atoms with Crippen LogP contribution in [0.25, 0.3) is 0 Å². The molecular weight excluding hydrogens is 262 g/mol. The van der Waals surface area contributed by atoms with Gasteiger partial charge in [-0.05, 0) is 50.6 Å². The van der Waals surface area contributed by atoms with Gasteiger partial charge in [0.25, 0.3) is 0 Å². The molecule has 2 N–H and O–H groups in total. The quantitative estimate of drug-likeness (QED) is 0.895. The highest BCUT2D eigenvalue weighted by molar-refractivity contribution is 6.30. The third kappa shape index (κ3) is 4.73. The Balaban J connectivity index is 1.75. The molecule has 1 aromatic carbocycles. The van der Waals surface area contributed by atoms with Gasteiger partial charge in [0.05, 0.1) is 0 Å². The molecule has 2 rings (SSSR count). The van der Waals surface area contributed by atoms with E-state index in [1.54, 1.807) is 12.1 Å². The minimum absolute atomic E-state index is 0.171. The summed E-state index contributed by atoms with van der Waals surface area (Å²) >= 11 is 5.87. The van der Waals surface area contributed by atoms with Crippen LogP contribution in [0.4, 0.5) is 10.5 Å². The van der Waals surface area contributed by atoms with Crippen LogP contribution in [-0.4, -0.2) is 37.6 Å². The number of piperidine rings is 1. The summed E-state index contributed by atoms with van der Waals surface area (Å²) in [4.78, 5) is 14.1. The van der Waals surface area contributed by atoms with Gasteiger partial charge >= 0.3 is 6.03 Å². The summed E-state index contributed by atoms with van der Waals surface area (Å²) in [6.07, 6.45) is 2.39. The highest BCUT2D eigenvalue weighted by Gasteiger charge is 2.17. The molecular formula is C14H20ClN3O. The van der Waals surface area contributed by atoms with Crippen LogP contribution in [-0.2, 0) is 0 Å². The molecule has 1 atom stereocenters. The molecule has 2 amide bonds. The maximum Gasteiger partial charge on any atom is 0.319 e. The number of likely N-dealkylation sites (tertiary alicyclic amines) is 1. The van der Waals surface area contributed by atoms with E-state index in [1.165, 1.54) is 12.8 Å². The first-order valence-corrected chi connectivity index (χ1v) is 7.00. The monoisotopic (exact) mass is 281 g/mol. The van der Waals surface area contributed by atoms with E-state index in [2.05, 4.69) is 22.6 Å². The van der Waals surface area contributed by atoms with Gasteiger partial charge in [0, 0.05) is 23.8 Å². The van der Waals surface area contributed by atoms with Gasteiger partial charge in [0.1, 0.15) is 0 Å². The van der Waals surface area contributed by atoms with Crippen LogP contribution in [0, 0.1) is 5.92 Å². The molecule has 1 aliphatic heterocycles. The first kappa shape index (κ1) is 14.2. The summed E-state index contributed by atoms with van der Waals surface area (Å²) in [6.45, 7) is 2.93. The van der Waals surface area contributed by atoms with Crippen LogP contribution in [0.5, 0.6) is 0 Å². The molecule has 0 aromatic heterocycles. The van der Waals surface area contributed by atoms with Crippen LogP contribution in [0.15, 0.2) is 24.3 Å². The molecule has 0 radical (unpaired) electrons. The Hall–Kier alpha value is -1.26. The Kier molecular flexibility index (Phi) is 5.05. The summed E-state index contributed by atoms with van der Waals surface area (Å²) < 4.78 is 0. The predicted octanol–water partition coefficient (Wildman–Crippen LogP) is 2.80. The van der Waals surface area contributed by atoms with Crippen molar-refractivity contribution < 1.29 is 4.79 Å². The lowest BCUT2D eigenvalue weighted by atomic mass is 9.99. The van der Waals surface area contributed by atoms with E-state index in [-0.39, 0.29) is 6.03 Å². The molecule has 1 heterocycles. The largest absolute Gasteiger partial charge is 0.338 e. The van der Waals surface area contributed by atoms with E-state index in [9.17, 15) is 4.79 Å². The zero-order valence-electron chi connectivity index (χ0n) is 11.2. The number of amides is 2. The normalized spacial score (nSPS) is 20.0. The van der Waals surface area contributed by atoms with Crippen molar-refractivity contribution in [3.63, 3.8) is 0 Å². The highest BCUT2D eigenvalue weighted by Crippen LogP contribution is 2.15. The SMILES string of the molecule is CN1CCCC(CNC(=O)Nc2cccc(Cl)c2)C1. The highest BCUT2D eigenvalue weighted by atomic mass is 35.5. The molecule has 0 spiro atoms. The third-order valence-corrected chi connectivity index (χ3v) is 3.59. The zero-order chi connectivity index (χ0) is 13.7. The second kappa shape index (κ2) is 6.78. The first-order valence-electron chi connectivity index (χ1n) is 6.62. The Morgan fingerprint density at radius 1 is 1.53 bits per heavy atom. The Morgan fingerprint density at radius 2 is 2.37 bits per heavy atom. The lowest BCUT2D eigenvalue weighted by Crippen LogP contribution is -2.40. The number of urea groups is 1. The fourth-order valence-electron chi connectivity index (χ4n) is 2.42. The first-order chi connectivity index (χ1) is 9.13. The van der Waals surface area contributed by atoms with Gasteiger partial charge in [0.2, 0.25) is 0 Å². The van der Waals surface area contributed by atoms with Crippen molar-refractivity contribution in [2.45, 2.75) is 12.8 Å². The average molecular weight is 282 g/mol. The number of halogens is 1. The zero-order valence-corrected chi connectivity index (χ0v) is 11.9. The van der Waals surface area contributed by atoms with Gasteiger partial charge in [-0.15, -0.1) is 0 Å². The topological polar surface area (TPSA) is 44.4 Å². The number of carbonyl (C=O) groups excluding carboxylic acids is 1. The van der Waals surface area contributed by atoms with Crippen molar-refractivity contribution in [1.29, 1.82) is 0 Å². The Morgan fingerprint density at radius 3 is 3.11 bits per heavy atom. The Bertz CT molecular complexity index is 438. The summed E-state index contributed by atoms with van der Waals surface area (Å²) in [5.74, 6) is 0.545. The third-order valence-electron chi connectivity index (χ3n) is 3.36. The van der Waals surface area contributed by atoms with Crippen molar-refractivity contribution in [2.24, 2.45) is 5.92 Å². The van der Waals surface area contributed by atoms with Crippen LogP contribution >= 0.6 is 11.6 Å². The number of rotatable bonds is 3. The van der Waals surface area contributed by atoms with Gasteiger partial charge in [-0.3, -0.25) is 0 Å². The second-order valence-corrected chi connectivity index (χ2v) is 5.55. The number of benzene rings is 1. The molecule has 1 aromatic rings. The van der Waals surface area contributed by atoms with Gasteiger partial charge in [-0.2, -0.15) is 0 Å². The van der Waals surface area contributed by atoms with Gasteiger partial charge in [0.15, 0.2) is 0 Å². The van der Waals surface area contributed by atoms with Crippen molar-refractivity contribution in [3.05, 3.63) is 29.3 Å². The Labute approximate surface area is 119 Å². The smallest absolute Gasteiger partial charge is 0.319 e. The standard InChI is InChI=1S/C14H20ClN3O/c1-18-7-3-4-11(10-18)9-16-14(19)17-13-6-2-5-12(15)8-13/h2,5-6,8,11H,3-4,7,9-10H2,1H3,(H2,16,17,19). The maximum atomic E-state index is 11.8. The van der Waals surface area contributed by atoms with Crippen LogP contribution < -0.4 is 10.6 Å². The summed E-state index contributed by atoms with van der Waals surface area (Å²) in [5.41, 5.74) is 0.714. The van der Waals surface area contributed by atoms with Crippen LogP contribution in [0.2, 0.25) is 5.02 Å². The van der Waals surface area contributed by atoms with E-state index in [4.69, 9.17) is 11.6 Å². The lowest BCUT2D eigenvalue weighted by Gasteiger charge is -2.29. The fourth-order valence-corrected chi connectivity index (χ4v) is 2.61. The molecule has 104 valence electrons. The van der Waals surface area contributed by atoms with E-state index in [1.807, 2.05) is 12.1 Å². The fraction of sp³-hybridized carbons (Fsp3) is 0.500. The summed E-state index contributed by atoms with van der Waals surface area (Å²) in [7, 11) is 2.12. The average Bonchev–Trinajstić information content (AvgIpc) is 2.36. The number of hydrogen-bond donors (Lipinski definition) is 2. The molecule has 1 fully saturated rings. The molecule has 19 heavy (non-hydrogen) atoms. The van der Waals surface area contributed by atoms with Crippen LogP contribution in [0.1, 0.15) is 12.8 Å². The number of hydrogen-bond acceptors (Lipinski definition) is 2. The van der Waals surface area contributed by atoms with E-state index < -0.39 is 0 Å². The van der Waals surface area contributed by atoms with Crippen molar-refractivity contribution in [2.75, 3.05) is 32.0 Å². The number of nitrogens with one attached hydrogen (secondary N) is 2. The molecule has 5 heteroatoms. The predicted molar refractivity (Wildman–Crippen MR) is 78.7 cm³/mol. The van der Waals surface area contributed by atoms with Crippen LogP contribution in [0.3, 0.4) is 0 Å². The number of anilines is 1. The van der Waals surface area contributed by atoms with E-state index in [0.717, 1.165) is 19.6 Å².